The molecule has 20 heavy (non-hydrogen) atoms. The van der Waals surface area contributed by atoms with Crippen LogP contribution >= 0.6 is 0 Å². The zero-order chi connectivity index (χ0) is 14.5. The molecule has 1 fully saturated rings. The summed E-state index contributed by atoms with van der Waals surface area (Å²) in [6, 6.07) is 1.25. The normalized spacial score (nSPS) is 17.7. The van der Waals surface area contributed by atoms with Crippen molar-refractivity contribution in [2.75, 3.05) is 18.4 Å². The summed E-state index contributed by atoms with van der Waals surface area (Å²) in [4.78, 5) is 26.8. The summed E-state index contributed by atoms with van der Waals surface area (Å²) in [6.07, 6.45) is 2.53. The Morgan fingerprint density at radius 2 is 2.40 bits per heavy atom. The molecular weight excluding hydrogens is 263 g/mol. The van der Waals surface area contributed by atoms with Crippen molar-refractivity contribution in [1.29, 1.82) is 0 Å². The largest absolute Gasteiger partial charge is 0.368 e. The Bertz CT molecular complexity index is 521. The van der Waals surface area contributed by atoms with Gasteiger partial charge in [0, 0.05) is 31.7 Å². The van der Waals surface area contributed by atoms with E-state index in [1.54, 1.807) is 0 Å². The maximum Gasteiger partial charge on any atom is 0.254 e. The molecule has 1 saturated heterocycles. The van der Waals surface area contributed by atoms with Crippen molar-refractivity contribution >= 4 is 17.6 Å². The summed E-state index contributed by atoms with van der Waals surface area (Å²) in [6.45, 7) is 2.63. The molecule has 0 bridgehead atoms. The van der Waals surface area contributed by atoms with E-state index < -0.39 is 11.7 Å². The molecular formula is C13H17FN4O2. The highest BCUT2D eigenvalue weighted by atomic mass is 19.1. The standard InChI is InChI=1S/C13H17FN4O2/c1-2-15-12-11(14)9(5-6-16-12)13(20)17-7-8-3-4-10(19)18-8/h5-6,8H,2-4,7H2,1H3,(H,15,16)(H,17,20)(H,18,19). The van der Waals surface area contributed by atoms with Crippen molar-refractivity contribution in [1.82, 2.24) is 15.6 Å². The fourth-order valence-electron chi connectivity index (χ4n) is 2.05. The molecule has 6 nitrogen and oxygen atoms in total. The summed E-state index contributed by atoms with van der Waals surface area (Å²) in [5.74, 6) is -1.13. The molecule has 0 aliphatic carbocycles. The Balaban J connectivity index is 1.98. The fraction of sp³-hybridized carbons (Fsp3) is 0.462. The zero-order valence-electron chi connectivity index (χ0n) is 11.2. The third-order valence-electron chi connectivity index (χ3n) is 3.07. The summed E-state index contributed by atoms with van der Waals surface area (Å²) < 4.78 is 14.0. The van der Waals surface area contributed by atoms with Crippen LogP contribution in [-0.4, -0.2) is 35.9 Å². The Kier molecular flexibility index (Phi) is 4.49. The first-order valence-electron chi connectivity index (χ1n) is 6.57. The number of carbonyl (C=O) groups excluding carboxylic acids is 2. The minimum absolute atomic E-state index is 0.0197. The molecule has 7 heteroatoms. The van der Waals surface area contributed by atoms with E-state index in [-0.39, 0.29) is 23.3 Å². The maximum atomic E-state index is 14.0. The Hall–Kier alpha value is -2.18. The smallest absolute Gasteiger partial charge is 0.254 e. The Morgan fingerprint density at radius 3 is 3.05 bits per heavy atom. The second-order valence-electron chi connectivity index (χ2n) is 4.56. The lowest BCUT2D eigenvalue weighted by Gasteiger charge is -2.12. The van der Waals surface area contributed by atoms with E-state index in [0.717, 1.165) is 0 Å². The highest BCUT2D eigenvalue weighted by molar-refractivity contribution is 5.95. The summed E-state index contributed by atoms with van der Waals surface area (Å²) in [5, 5.41) is 8.11. The van der Waals surface area contributed by atoms with E-state index in [4.69, 9.17) is 0 Å². The molecule has 0 spiro atoms. The first-order valence-corrected chi connectivity index (χ1v) is 6.57. The van der Waals surface area contributed by atoms with E-state index >= 15 is 0 Å². The molecule has 2 amide bonds. The number of rotatable bonds is 5. The molecule has 2 heterocycles. The highest BCUT2D eigenvalue weighted by Gasteiger charge is 2.22. The quantitative estimate of drug-likeness (QED) is 0.740. The first-order chi connectivity index (χ1) is 9.61. The van der Waals surface area contributed by atoms with E-state index in [1.165, 1.54) is 12.3 Å². The van der Waals surface area contributed by atoms with Gasteiger partial charge in [-0.1, -0.05) is 0 Å². The third-order valence-corrected chi connectivity index (χ3v) is 3.07. The van der Waals surface area contributed by atoms with E-state index in [0.29, 0.717) is 25.9 Å². The van der Waals surface area contributed by atoms with Crippen LogP contribution in [0.5, 0.6) is 0 Å². The molecule has 1 unspecified atom stereocenters. The van der Waals surface area contributed by atoms with Gasteiger partial charge in [-0.15, -0.1) is 0 Å². The first kappa shape index (κ1) is 14.2. The molecule has 2 rings (SSSR count). The number of hydrogen-bond donors (Lipinski definition) is 3. The van der Waals surface area contributed by atoms with Gasteiger partial charge in [-0.05, 0) is 19.4 Å². The summed E-state index contributed by atoms with van der Waals surface area (Å²) in [7, 11) is 0. The molecule has 1 aliphatic rings. The number of nitrogens with one attached hydrogen (secondary N) is 3. The average Bonchev–Trinajstić information content (AvgIpc) is 2.84. The minimum Gasteiger partial charge on any atom is -0.368 e. The van der Waals surface area contributed by atoms with Gasteiger partial charge in [0.05, 0.1) is 5.56 Å². The maximum absolute atomic E-state index is 14.0. The molecule has 1 atom stereocenters. The highest BCUT2D eigenvalue weighted by Crippen LogP contribution is 2.15. The van der Waals surface area contributed by atoms with Crippen LogP contribution in [-0.2, 0) is 4.79 Å². The van der Waals surface area contributed by atoms with Crippen molar-refractivity contribution in [2.45, 2.75) is 25.8 Å². The van der Waals surface area contributed by atoms with Crippen LogP contribution in [0.4, 0.5) is 10.2 Å². The van der Waals surface area contributed by atoms with Gasteiger partial charge < -0.3 is 16.0 Å². The number of nitrogens with zero attached hydrogens (tertiary/aromatic N) is 1. The van der Waals surface area contributed by atoms with Crippen molar-refractivity contribution in [3.8, 4) is 0 Å². The van der Waals surface area contributed by atoms with E-state index in [2.05, 4.69) is 20.9 Å². The van der Waals surface area contributed by atoms with Crippen LogP contribution in [0.1, 0.15) is 30.1 Å². The second-order valence-corrected chi connectivity index (χ2v) is 4.56. The molecule has 0 aromatic carbocycles. The molecule has 1 aromatic rings. The van der Waals surface area contributed by atoms with Crippen LogP contribution in [0.15, 0.2) is 12.3 Å². The number of carbonyl (C=O) groups is 2. The van der Waals surface area contributed by atoms with Crippen LogP contribution in [0.2, 0.25) is 0 Å². The van der Waals surface area contributed by atoms with Gasteiger partial charge >= 0.3 is 0 Å². The number of anilines is 1. The Labute approximate surface area is 116 Å². The van der Waals surface area contributed by atoms with Crippen molar-refractivity contribution in [3.05, 3.63) is 23.6 Å². The van der Waals surface area contributed by atoms with Crippen molar-refractivity contribution in [3.63, 3.8) is 0 Å². The SMILES string of the molecule is CCNc1nccc(C(=O)NCC2CCC(=O)N2)c1F. The van der Waals surface area contributed by atoms with Crippen LogP contribution < -0.4 is 16.0 Å². The van der Waals surface area contributed by atoms with E-state index in [1.807, 2.05) is 6.92 Å². The van der Waals surface area contributed by atoms with Gasteiger partial charge in [-0.2, -0.15) is 0 Å². The van der Waals surface area contributed by atoms with Crippen molar-refractivity contribution in [2.24, 2.45) is 0 Å². The number of pyridine rings is 1. The predicted molar refractivity (Wildman–Crippen MR) is 71.9 cm³/mol. The number of aromatic nitrogens is 1. The number of halogens is 1. The van der Waals surface area contributed by atoms with Gasteiger partial charge in [0.25, 0.3) is 5.91 Å². The molecule has 1 aromatic heterocycles. The lowest BCUT2D eigenvalue weighted by Crippen LogP contribution is -2.38. The van der Waals surface area contributed by atoms with Gasteiger partial charge in [0.2, 0.25) is 5.91 Å². The predicted octanol–water partition coefficient (Wildman–Crippen LogP) is 0.661. The molecule has 0 saturated carbocycles. The summed E-state index contributed by atoms with van der Waals surface area (Å²) >= 11 is 0. The van der Waals surface area contributed by atoms with E-state index in [9.17, 15) is 14.0 Å². The minimum atomic E-state index is -0.665. The molecule has 108 valence electrons. The molecule has 1 aliphatic heterocycles. The van der Waals surface area contributed by atoms with Crippen LogP contribution in [0.25, 0.3) is 0 Å². The van der Waals surface area contributed by atoms with Gasteiger partial charge in [-0.25, -0.2) is 9.37 Å². The van der Waals surface area contributed by atoms with Crippen molar-refractivity contribution < 1.29 is 14.0 Å². The lowest BCUT2D eigenvalue weighted by atomic mass is 10.2. The lowest BCUT2D eigenvalue weighted by molar-refractivity contribution is -0.119. The second kappa shape index (κ2) is 6.31. The molecule has 0 radical (unpaired) electrons. The average molecular weight is 280 g/mol. The van der Waals surface area contributed by atoms with Gasteiger partial charge in [0.1, 0.15) is 0 Å². The fourth-order valence-corrected chi connectivity index (χ4v) is 2.05. The monoisotopic (exact) mass is 280 g/mol. The van der Waals surface area contributed by atoms with Gasteiger partial charge in [0.15, 0.2) is 11.6 Å². The topological polar surface area (TPSA) is 83.1 Å². The number of hydrogen-bond acceptors (Lipinski definition) is 4. The third kappa shape index (κ3) is 3.23. The van der Waals surface area contributed by atoms with Crippen LogP contribution in [0.3, 0.4) is 0 Å². The molecule has 3 N–H and O–H groups in total. The zero-order valence-corrected chi connectivity index (χ0v) is 11.2. The number of amides is 2. The summed E-state index contributed by atoms with van der Waals surface area (Å²) in [5.41, 5.74) is -0.0553. The van der Waals surface area contributed by atoms with Crippen LogP contribution in [0, 0.1) is 5.82 Å². The Morgan fingerprint density at radius 1 is 1.60 bits per heavy atom. The van der Waals surface area contributed by atoms with Gasteiger partial charge in [-0.3, -0.25) is 9.59 Å².